The molecule has 1 aliphatic rings. The first-order chi connectivity index (χ1) is 15.3. The van der Waals surface area contributed by atoms with Crippen LogP contribution >= 0.6 is 11.6 Å². The monoisotopic (exact) mass is 454 g/mol. The van der Waals surface area contributed by atoms with Crippen LogP contribution in [0.25, 0.3) is 5.52 Å². The van der Waals surface area contributed by atoms with Crippen molar-refractivity contribution in [3.8, 4) is 0 Å². The second kappa shape index (κ2) is 8.72. The van der Waals surface area contributed by atoms with Crippen LogP contribution in [0.5, 0.6) is 0 Å². The van der Waals surface area contributed by atoms with Crippen molar-refractivity contribution in [2.75, 3.05) is 13.1 Å². The summed E-state index contributed by atoms with van der Waals surface area (Å²) < 4.78 is 1.30. The molecule has 0 spiro atoms. The first-order valence-electron chi connectivity index (χ1n) is 10.3. The Bertz CT molecular complexity index is 1190. The van der Waals surface area contributed by atoms with Crippen LogP contribution < -0.4 is 0 Å². The lowest BCUT2D eigenvalue weighted by Crippen LogP contribution is -2.57. The Morgan fingerprint density at radius 2 is 1.84 bits per heavy atom. The molecule has 32 heavy (non-hydrogen) atoms. The first-order valence-corrected chi connectivity index (χ1v) is 10.7. The van der Waals surface area contributed by atoms with Crippen LogP contribution in [0.15, 0.2) is 48.8 Å². The Balaban J connectivity index is 1.59. The fourth-order valence-electron chi connectivity index (χ4n) is 4.11. The normalized spacial score (nSPS) is 19.3. The van der Waals surface area contributed by atoms with E-state index in [-0.39, 0.29) is 34.4 Å². The molecule has 1 aromatic carbocycles. The summed E-state index contributed by atoms with van der Waals surface area (Å²) in [5.74, 6) is -3.30. The maximum absolute atomic E-state index is 13.4. The molecule has 1 amide bonds. The molecule has 3 heterocycles. The standard InChI is InChI=1S/C23H23ClN4O4/c1-14-11-27(15(2)10-26(14)12-16-6-4-3-5-7-16)22(30)18-13-28-17(8-19(18)24)9-25-21(28)20(29)23(31)32/h3-9,13-15H,10-12H2,1-2H3,(H,31,32)/t14-,15+/m0/s1. The average molecular weight is 455 g/mol. The molecule has 8 nitrogen and oxygen atoms in total. The smallest absolute Gasteiger partial charge is 0.380 e. The van der Waals surface area contributed by atoms with Crippen molar-refractivity contribution in [3.63, 3.8) is 0 Å². The number of pyridine rings is 1. The van der Waals surface area contributed by atoms with Crippen LogP contribution in [0.4, 0.5) is 0 Å². The van der Waals surface area contributed by atoms with Crippen molar-refractivity contribution in [1.82, 2.24) is 19.2 Å². The molecule has 9 heteroatoms. The molecule has 1 fully saturated rings. The summed E-state index contributed by atoms with van der Waals surface area (Å²) in [5.41, 5.74) is 1.85. The van der Waals surface area contributed by atoms with Gasteiger partial charge in [0.25, 0.3) is 5.91 Å². The van der Waals surface area contributed by atoms with Crippen LogP contribution in [0, 0.1) is 0 Å². The number of aromatic nitrogens is 2. The number of hydrogen-bond acceptors (Lipinski definition) is 5. The predicted octanol–water partition coefficient (Wildman–Crippen LogP) is 2.99. The number of carboxylic acid groups (broad SMARTS) is 1. The van der Waals surface area contributed by atoms with E-state index in [4.69, 9.17) is 16.7 Å². The van der Waals surface area contributed by atoms with Gasteiger partial charge in [-0.2, -0.15) is 0 Å². The number of fused-ring (bicyclic) bond motifs is 1. The molecule has 166 valence electrons. The lowest BCUT2D eigenvalue weighted by atomic mass is 10.1. The van der Waals surface area contributed by atoms with Gasteiger partial charge >= 0.3 is 11.8 Å². The maximum Gasteiger partial charge on any atom is 0.380 e. The summed E-state index contributed by atoms with van der Waals surface area (Å²) >= 11 is 6.39. The summed E-state index contributed by atoms with van der Waals surface area (Å²) in [7, 11) is 0. The molecule has 2 atom stereocenters. The molecule has 0 saturated carbocycles. The number of carboxylic acids is 1. The summed E-state index contributed by atoms with van der Waals surface area (Å²) in [6.07, 6.45) is 2.75. The third-order valence-electron chi connectivity index (χ3n) is 5.85. The number of amides is 1. The molecule has 0 radical (unpaired) electrons. The Labute approximate surface area is 190 Å². The van der Waals surface area contributed by atoms with Gasteiger partial charge in [-0.1, -0.05) is 41.9 Å². The number of piperazine rings is 1. The number of rotatable bonds is 5. The van der Waals surface area contributed by atoms with Gasteiger partial charge in [0.1, 0.15) is 0 Å². The van der Waals surface area contributed by atoms with E-state index in [1.54, 1.807) is 4.90 Å². The molecule has 3 aromatic rings. The van der Waals surface area contributed by atoms with E-state index in [2.05, 4.69) is 28.9 Å². The molecule has 0 aliphatic carbocycles. The lowest BCUT2D eigenvalue weighted by Gasteiger charge is -2.44. The van der Waals surface area contributed by atoms with Crippen LogP contribution in [0.3, 0.4) is 0 Å². The Hall–Kier alpha value is -3.23. The van der Waals surface area contributed by atoms with Gasteiger partial charge in [-0.3, -0.25) is 18.9 Å². The van der Waals surface area contributed by atoms with E-state index >= 15 is 0 Å². The SMILES string of the molecule is C[C@@H]1CN(Cc2ccccc2)[C@@H](C)CN1C(=O)c1cn2c(C(=O)C(=O)O)ncc2cc1Cl. The Kier molecular flexibility index (Phi) is 5.99. The number of hydrogen-bond donors (Lipinski definition) is 1. The van der Waals surface area contributed by atoms with Crippen LogP contribution in [0.2, 0.25) is 5.02 Å². The van der Waals surface area contributed by atoms with Crippen molar-refractivity contribution in [2.45, 2.75) is 32.5 Å². The third kappa shape index (κ3) is 4.11. The molecule has 0 bridgehead atoms. The number of nitrogens with zero attached hydrogens (tertiary/aromatic N) is 4. The number of carbonyl (C=O) groups is 3. The highest BCUT2D eigenvalue weighted by Gasteiger charge is 2.33. The molecule has 1 aliphatic heterocycles. The molecule has 1 saturated heterocycles. The molecular formula is C23H23ClN4O4. The highest BCUT2D eigenvalue weighted by atomic mass is 35.5. The van der Waals surface area contributed by atoms with Crippen molar-refractivity contribution in [2.24, 2.45) is 0 Å². The lowest BCUT2D eigenvalue weighted by molar-refractivity contribution is -0.131. The second-order valence-electron chi connectivity index (χ2n) is 8.12. The minimum Gasteiger partial charge on any atom is -0.475 e. The zero-order valence-corrected chi connectivity index (χ0v) is 18.5. The highest BCUT2D eigenvalue weighted by molar-refractivity contribution is 6.39. The van der Waals surface area contributed by atoms with Gasteiger partial charge in [0.05, 0.1) is 22.3 Å². The minimum atomic E-state index is -1.61. The molecule has 1 N–H and O–H groups in total. The summed E-state index contributed by atoms with van der Waals surface area (Å²) in [6.45, 7) is 6.10. The van der Waals surface area contributed by atoms with Crippen molar-refractivity contribution in [3.05, 3.63) is 70.8 Å². The highest BCUT2D eigenvalue weighted by Crippen LogP contribution is 2.25. The van der Waals surface area contributed by atoms with Crippen molar-refractivity contribution in [1.29, 1.82) is 0 Å². The van der Waals surface area contributed by atoms with Gasteiger partial charge in [-0.25, -0.2) is 9.78 Å². The predicted molar refractivity (Wildman–Crippen MR) is 119 cm³/mol. The maximum atomic E-state index is 13.4. The van der Waals surface area contributed by atoms with Crippen LogP contribution in [0.1, 0.15) is 40.4 Å². The van der Waals surface area contributed by atoms with E-state index in [0.29, 0.717) is 18.6 Å². The van der Waals surface area contributed by atoms with Crippen LogP contribution in [-0.4, -0.2) is 67.1 Å². The Morgan fingerprint density at radius 3 is 2.53 bits per heavy atom. The van der Waals surface area contributed by atoms with Gasteiger partial charge in [0, 0.05) is 37.9 Å². The van der Waals surface area contributed by atoms with Gasteiger partial charge in [-0.15, -0.1) is 0 Å². The number of imidazole rings is 1. The fourth-order valence-corrected chi connectivity index (χ4v) is 4.35. The van der Waals surface area contributed by atoms with E-state index in [1.165, 1.54) is 28.4 Å². The van der Waals surface area contributed by atoms with Gasteiger partial charge < -0.3 is 10.0 Å². The molecule has 0 unspecified atom stereocenters. The quantitative estimate of drug-likeness (QED) is 0.470. The number of benzene rings is 1. The first kappa shape index (κ1) is 22.0. The minimum absolute atomic E-state index is 0.0583. The largest absolute Gasteiger partial charge is 0.475 e. The number of ketones is 1. The summed E-state index contributed by atoms with van der Waals surface area (Å²) in [6, 6.07) is 11.8. The molecule has 2 aromatic heterocycles. The van der Waals surface area contributed by atoms with Gasteiger partial charge in [-0.05, 0) is 25.5 Å². The Morgan fingerprint density at radius 1 is 1.12 bits per heavy atom. The van der Waals surface area contributed by atoms with Crippen molar-refractivity contribution < 1.29 is 19.5 Å². The van der Waals surface area contributed by atoms with E-state index in [9.17, 15) is 14.4 Å². The number of aliphatic carboxylic acids is 1. The third-order valence-corrected chi connectivity index (χ3v) is 6.16. The molecule has 4 rings (SSSR count). The summed E-state index contributed by atoms with van der Waals surface area (Å²) in [5, 5.41) is 9.26. The van der Waals surface area contributed by atoms with E-state index in [0.717, 1.165) is 6.54 Å². The zero-order chi connectivity index (χ0) is 23.0. The number of carbonyl (C=O) groups excluding carboxylic acids is 2. The van der Waals surface area contributed by atoms with E-state index in [1.807, 2.05) is 25.1 Å². The van der Waals surface area contributed by atoms with Gasteiger partial charge in [0.15, 0.2) is 5.82 Å². The zero-order valence-electron chi connectivity index (χ0n) is 17.7. The number of Topliss-reactive ketones (excluding diaryl/α,β-unsaturated/α-hetero) is 1. The second-order valence-corrected chi connectivity index (χ2v) is 8.52. The van der Waals surface area contributed by atoms with Crippen molar-refractivity contribution >= 4 is 34.8 Å². The topological polar surface area (TPSA) is 95.2 Å². The number of halogens is 1. The van der Waals surface area contributed by atoms with Gasteiger partial charge in [0.2, 0.25) is 0 Å². The fraction of sp³-hybridized carbons (Fsp3) is 0.304. The average Bonchev–Trinajstić information content (AvgIpc) is 3.17. The summed E-state index contributed by atoms with van der Waals surface area (Å²) in [4.78, 5) is 44.5. The van der Waals surface area contributed by atoms with Crippen LogP contribution in [-0.2, 0) is 11.3 Å². The van der Waals surface area contributed by atoms with E-state index < -0.39 is 11.8 Å². The molecular weight excluding hydrogens is 432 g/mol.